The van der Waals surface area contributed by atoms with Gasteiger partial charge in [-0.15, -0.1) is 0 Å². The molecule has 0 aliphatic rings. The molecular formula is C14H13ClFN3. The number of rotatable bonds is 2. The van der Waals surface area contributed by atoms with Gasteiger partial charge in [-0.3, -0.25) is 4.68 Å². The van der Waals surface area contributed by atoms with Gasteiger partial charge in [0.15, 0.2) is 0 Å². The molecule has 98 valence electrons. The van der Waals surface area contributed by atoms with Crippen molar-refractivity contribution < 1.29 is 4.39 Å². The third-order valence-electron chi connectivity index (χ3n) is 3.33. The summed E-state index contributed by atoms with van der Waals surface area (Å²) in [4.78, 5) is 0. The van der Waals surface area contributed by atoms with E-state index in [4.69, 9.17) is 11.6 Å². The van der Waals surface area contributed by atoms with Crippen LogP contribution in [0.3, 0.4) is 0 Å². The van der Waals surface area contributed by atoms with Gasteiger partial charge in [0.05, 0.1) is 12.2 Å². The van der Waals surface area contributed by atoms with Gasteiger partial charge in [0.1, 0.15) is 11.0 Å². The molecule has 0 unspecified atom stereocenters. The predicted octanol–water partition coefficient (Wildman–Crippen LogP) is 3.52. The van der Waals surface area contributed by atoms with Crippen LogP contribution in [0, 0.1) is 12.7 Å². The van der Waals surface area contributed by atoms with E-state index < -0.39 is 0 Å². The largest absolute Gasteiger partial charge is 0.343 e. The molecule has 2 heterocycles. The van der Waals surface area contributed by atoms with Crippen molar-refractivity contribution >= 4 is 22.5 Å². The Morgan fingerprint density at radius 2 is 2.11 bits per heavy atom. The summed E-state index contributed by atoms with van der Waals surface area (Å²) >= 11 is 6.23. The van der Waals surface area contributed by atoms with Crippen LogP contribution in [0.15, 0.2) is 30.5 Å². The highest BCUT2D eigenvalue weighted by Crippen LogP contribution is 2.23. The van der Waals surface area contributed by atoms with Gasteiger partial charge >= 0.3 is 0 Å². The van der Waals surface area contributed by atoms with Gasteiger partial charge in [-0.2, -0.15) is 5.10 Å². The first-order valence-electron chi connectivity index (χ1n) is 5.98. The number of nitrogens with zero attached hydrogens (tertiary/aromatic N) is 3. The van der Waals surface area contributed by atoms with Gasteiger partial charge in [0.25, 0.3) is 0 Å². The smallest absolute Gasteiger partial charge is 0.131 e. The second-order valence-corrected chi connectivity index (χ2v) is 4.98. The monoisotopic (exact) mass is 277 g/mol. The van der Waals surface area contributed by atoms with Crippen molar-refractivity contribution in [2.75, 3.05) is 0 Å². The van der Waals surface area contributed by atoms with E-state index in [9.17, 15) is 4.39 Å². The maximum absolute atomic E-state index is 13.2. The van der Waals surface area contributed by atoms with Gasteiger partial charge in [-0.05, 0) is 31.2 Å². The number of halogens is 2. The average molecular weight is 278 g/mol. The molecule has 5 heteroatoms. The van der Waals surface area contributed by atoms with Crippen LogP contribution in [0.1, 0.15) is 11.3 Å². The first-order valence-corrected chi connectivity index (χ1v) is 6.36. The van der Waals surface area contributed by atoms with Crippen LogP contribution in [0.2, 0.25) is 5.15 Å². The lowest BCUT2D eigenvalue weighted by atomic mass is 10.2. The minimum atomic E-state index is -0.221. The van der Waals surface area contributed by atoms with Crippen molar-refractivity contribution in [2.24, 2.45) is 7.05 Å². The fourth-order valence-electron chi connectivity index (χ4n) is 2.33. The van der Waals surface area contributed by atoms with Gasteiger partial charge in [0, 0.05) is 29.7 Å². The van der Waals surface area contributed by atoms with Gasteiger partial charge in [-0.1, -0.05) is 11.6 Å². The van der Waals surface area contributed by atoms with Crippen LogP contribution in [0.25, 0.3) is 10.9 Å². The van der Waals surface area contributed by atoms with Crippen LogP contribution < -0.4 is 0 Å². The van der Waals surface area contributed by atoms with Crippen LogP contribution in [-0.2, 0) is 13.6 Å². The van der Waals surface area contributed by atoms with Gasteiger partial charge in [-0.25, -0.2) is 4.39 Å². The van der Waals surface area contributed by atoms with Crippen molar-refractivity contribution in [3.8, 4) is 0 Å². The molecule has 1 aromatic carbocycles. The van der Waals surface area contributed by atoms with Crippen LogP contribution in [-0.4, -0.2) is 14.3 Å². The Kier molecular flexibility index (Phi) is 2.82. The van der Waals surface area contributed by atoms with E-state index in [2.05, 4.69) is 5.10 Å². The zero-order valence-electron chi connectivity index (χ0n) is 10.7. The SMILES string of the molecule is Cc1nn(C)c(Cl)c1Cn1ccc2cc(F)ccc21. The molecule has 0 atom stereocenters. The summed E-state index contributed by atoms with van der Waals surface area (Å²) in [5, 5.41) is 5.82. The Balaban J connectivity index is 2.06. The lowest BCUT2D eigenvalue weighted by Crippen LogP contribution is -1.99. The molecule has 0 amide bonds. The number of aryl methyl sites for hydroxylation is 2. The van der Waals surface area contributed by atoms with Crippen molar-refractivity contribution in [1.82, 2.24) is 14.3 Å². The highest BCUT2D eigenvalue weighted by molar-refractivity contribution is 6.30. The van der Waals surface area contributed by atoms with E-state index in [0.29, 0.717) is 11.7 Å². The topological polar surface area (TPSA) is 22.8 Å². The fourth-order valence-corrected chi connectivity index (χ4v) is 2.57. The van der Waals surface area contributed by atoms with Gasteiger partial charge in [0.2, 0.25) is 0 Å². The molecule has 19 heavy (non-hydrogen) atoms. The molecule has 0 bridgehead atoms. The number of fused-ring (bicyclic) bond motifs is 1. The molecule has 0 N–H and O–H groups in total. The summed E-state index contributed by atoms with van der Waals surface area (Å²) < 4.78 is 16.9. The number of aromatic nitrogens is 3. The van der Waals surface area contributed by atoms with E-state index in [1.807, 2.05) is 30.8 Å². The molecule has 3 nitrogen and oxygen atoms in total. The Labute approximate surface area is 115 Å². The normalized spacial score (nSPS) is 11.4. The van der Waals surface area contributed by atoms with Crippen molar-refractivity contribution in [3.05, 3.63) is 52.7 Å². The van der Waals surface area contributed by atoms with E-state index in [-0.39, 0.29) is 5.82 Å². The summed E-state index contributed by atoms with van der Waals surface area (Å²) in [5.41, 5.74) is 2.89. The molecule has 0 fully saturated rings. The lowest BCUT2D eigenvalue weighted by molar-refractivity contribution is 0.629. The van der Waals surface area contributed by atoms with Crippen LogP contribution in [0.4, 0.5) is 4.39 Å². The van der Waals surface area contributed by atoms with Gasteiger partial charge < -0.3 is 4.57 Å². The fraction of sp³-hybridized carbons (Fsp3) is 0.214. The third-order valence-corrected chi connectivity index (χ3v) is 3.80. The molecule has 0 aliphatic carbocycles. The van der Waals surface area contributed by atoms with E-state index in [0.717, 1.165) is 22.2 Å². The van der Waals surface area contributed by atoms with Crippen LogP contribution in [0.5, 0.6) is 0 Å². The van der Waals surface area contributed by atoms with E-state index in [1.54, 1.807) is 10.7 Å². The molecule has 0 saturated heterocycles. The highest BCUT2D eigenvalue weighted by atomic mass is 35.5. The minimum absolute atomic E-state index is 0.221. The number of benzene rings is 1. The lowest BCUT2D eigenvalue weighted by Gasteiger charge is -2.05. The summed E-state index contributed by atoms with van der Waals surface area (Å²) in [6.07, 6.45) is 1.94. The number of hydrogen-bond acceptors (Lipinski definition) is 1. The van der Waals surface area contributed by atoms with E-state index in [1.165, 1.54) is 12.1 Å². The quantitative estimate of drug-likeness (QED) is 0.703. The van der Waals surface area contributed by atoms with Crippen molar-refractivity contribution in [2.45, 2.75) is 13.5 Å². The summed E-state index contributed by atoms with van der Waals surface area (Å²) in [6.45, 7) is 2.57. The average Bonchev–Trinajstić information content (AvgIpc) is 2.86. The second-order valence-electron chi connectivity index (χ2n) is 4.63. The Morgan fingerprint density at radius 3 is 2.79 bits per heavy atom. The zero-order chi connectivity index (χ0) is 13.6. The predicted molar refractivity (Wildman–Crippen MR) is 74.0 cm³/mol. The Hall–Kier alpha value is -1.81. The van der Waals surface area contributed by atoms with Crippen molar-refractivity contribution in [3.63, 3.8) is 0 Å². The summed E-state index contributed by atoms with van der Waals surface area (Å²) in [7, 11) is 1.82. The van der Waals surface area contributed by atoms with Crippen LogP contribution >= 0.6 is 11.6 Å². The molecule has 2 aromatic heterocycles. The second kappa shape index (κ2) is 4.38. The molecular weight excluding hydrogens is 265 g/mol. The Bertz CT molecular complexity index is 757. The first-order chi connectivity index (χ1) is 9.06. The van der Waals surface area contributed by atoms with Crippen molar-refractivity contribution in [1.29, 1.82) is 0 Å². The maximum Gasteiger partial charge on any atom is 0.131 e. The molecule has 0 radical (unpaired) electrons. The third kappa shape index (κ3) is 2.02. The van der Waals surface area contributed by atoms with E-state index >= 15 is 0 Å². The molecule has 0 spiro atoms. The molecule has 3 aromatic rings. The highest BCUT2D eigenvalue weighted by Gasteiger charge is 2.12. The minimum Gasteiger partial charge on any atom is -0.343 e. The summed E-state index contributed by atoms with van der Waals surface area (Å²) in [5.74, 6) is -0.221. The maximum atomic E-state index is 13.2. The molecule has 3 rings (SSSR count). The molecule has 0 aliphatic heterocycles. The number of hydrogen-bond donors (Lipinski definition) is 0. The molecule has 0 saturated carbocycles. The first kappa shape index (κ1) is 12.2. The zero-order valence-corrected chi connectivity index (χ0v) is 11.4. The summed E-state index contributed by atoms with van der Waals surface area (Å²) in [6, 6.07) is 6.68. The Morgan fingerprint density at radius 1 is 1.32 bits per heavy atom. The standard InChI is InChI=1S/C14H13ClFN3/c1-9-12(14(15)18(2)17-9)8-19-6-5-10-7-11(16)3-4-13(10)19/h3-7H,8H2,1-2H3.